The second-order valence-corrected chi connectivity index (χ2v) is 5.44. The van der Waals surface area contributed by atoms with Crippen LogP contribution in [0.2, 0.25) is 0 Å². The second-order valence-electron chi connectivity index (χ2n) is 5.44. The zero-order chi connectivity index (χ0) is 19.6. The number of ether oxygens (including phenoxy) is 1. The smallest absolute Gasteiger partial charge is 0.420 e. The van der Waals surface area contributed by atoms with Crippen LogP contribution in [0.5, 0.6) is 5.75 Å². The fraction of sp³-hybridized carbons (Fsp3) is 0.167. The zero-order valence-corrected chi connectivity index (χ0v) is 14.0. The standard InChI is InChI=1S/C18H13F3N2O4/c1-2-13(24)23-16-14(17(25)26-12-8-5-9-22-15(12)16)10-6-3-4-7-11(10)27-18(19,20)21/h3-9H,2H2,1H3,(H,23,24). The Hall–Kier alpha value is -3.36. The number of nitrogens with zero attached hydrogens (tertiary/aromatic N) is 1. The normalized spacial score (nSPS) is 11.4. The number of anilines is 1. The summed E-state index contributed by atoms with van der Waals surface area (Å²) in [5, 5.41) is 2.53. The van der Waals surface area contributed by atoms with Gasteiger partial charge in [-0.3, -0.25) is 9.78 Å². The van der Waals surface area contributed by atoms with Crippen LogP contribution in [-0.4, -0.2) is 17.3 Å². The number of aromatic nitrogens is 1. The number of carbonyl (C=O) groups is 1. The van der Waals surface area contributed by atoms with Crippen LogP contribution < -0.4 is 15.7 Å². The van der Waals surface area contributed by atoms with Crippen molar-refractivity contribution in [1.82, 2.24) is 4.98 Å². The van der Waals surface area contributed by atoms with Gasteiger partial charge < -0.3 is 14.5 Å². The minimum atomic E-state index is -4.96. The summed E-state index contributed by atoms with van der Waals surface area (Å²) in [5.74, 6) is -1.04. The highest BCUT2D eigenvalue weighted by atomic mass is 19.4. The molecule has 0 spiro atoms. The Labute approximate surface area is 150 Å². The van der Waals surface area contributed by atoms with E-state index in [1.165, 1.54) is 36.5 Å². The number of pyridine rings is 1. The molecule has 0 aliphatic carbocycles. The summed E-state index contributed by atoms with van der Waals surface area (Å²) in [6.45, 7) is 1.59. The van der Waals surface area contributed by atoms with E-state index < -0.39 is 23.6 Å². The van der Waals surface area contributed by atoms with Crippen molar-refractivity contribution >= 4 is 22.7 Å². The highest BCUT2D eigenvalue weighted by molar-refractivity contribution is 6.04. The van der Waals surface area contributed by atoms with Crippen LogP contribution in [0.4, 0.5) is 18.9 Å². The quantitative estimate of drug-likeness (QED) is 0.739. The van der Waals surface area contributed by atoms with Crippen LogP contribution in [0.3, 0.4) is 0 Å². The Kier molecular flexibility index (Phi) is 4.85. The summed E-state index contributed by atoms with van der Waals surface area (Å²) in [7, 11) is 0. The van der Waals surface area contributed by atoms with Gasteiger partial charge in [-0.2, -0.15) is 0 Å². The van der Waals surface area contributed by atoms with Crippen molar-refractivity contribution in [2.75, 3.05) is 5.32 Å². The molecular formula is C18H13F3N2O4. The van der Waals surface area contributed by atoms with Gasteiger partial charge in [-0.15, -0.1) is 13.2 Å². The van der Waals surface area contributed by atoms with Crippen LogP contribution in [0.1, 0.15) is 13.3 Å². The maximum atomic E-state index is 12.7. The van der Waals surface area contributed by atoms with Crippen molar-refractivity contribution in [2.45, 2.75) is 19.7 Å². The number of para-hydroxylation sites is 1. The van der Waals surface area contributed by atoms with E-state index in [-0.39, 0.29) is 34.3 Å². The summed E-state index contributed by atoms with van der Waals surface area (Å²) in [6, 6.07) is 8.09. The minimum absolute atomic E-state index is 0.0353. The molecule has 0 aliphatic rings. The maximum absolute atomic E-state index is 12.7. The van der Waals surface area contributed by atoms with Crippen molar-refractivity contribution in [3.05, 3.63) is 53.0 Å². The van der Waals surface area contributed by atoms with Crippen LogP contribution >= 0.6 is 0 Å². The molecule has 1 N–H and O–H groups in total. The number of fused-ring (bicyclic) bond motifs is 1. The molecule has 0 saturated heterocycles. The maximum Gasteiger partial charge on any atom is 0.573 e. The molecule has 0 saturated carbocycles. The van der Waals surface area contributed by atoms with Gasteiger partial charge in [0, 0.05) is 18.2 Å². The van der Waals surface area contributed by atoms with E-state index >= 15 is 0 Å². The van der Waals surface area contributed by atoms with E-state index in [9.17, 15) is 22.8 Å². The summed E-state index contributed by atoms with van der Waals surface area (Å²) in [6.07, 6.45) is -3.46. The molecule has 0 aliphatic heterocycles. The van der Waals surface area contributed by atoms with Crippen LogP contribution in [0.15, 0.2) is 51.8 Å². The van der Waals surface area contributed by atoms with E-state index in [2.05, 4.69) is 15.0 Å². The molecule has 2 aromatic heterocycles. The first kappa shape index (κ1) is 18.4. The Bertz CT molecular complexity index is 1060. The number of hydrogen-bond acceptors (Lipinski definition) is 5. The summed E-state index contributed by atoms with van der Waals surface area (Å²) in [5.41, 5.74) is -1.19. The molecule has 9 heteroatoms. The van der Waals surface area contributed by atoms with Gasteiger partial charge in [-0.25, -0.2) is 4.79 Å². The number of benzene rings is 1. The topological polar surface area (TPSA) is 81.4 Å². The molecule has 140 valence electrons. The summed E-state index contributed by atoms with van der Waals surface area (Å²) in [4.78, 5) is 28.6. The first-order valence-electron chi connectivity index (χ1n) is 7.87. The lowest BCUT2D eigenvalue weighted by molar-refractivity contribution is -0.274. The van der Waals surface area contributed by atoms with E-state index in [1.807, 2.05) is 0 Å². The molecule has 6 nitrogen and oxygen atoms in total. The first-order chi connectivity index (χ1) is 12.8. The van der Waals surface area contributed by atoms with Gasteiger partial charge >= 0.3 is 12.0 Å². The predicted molar refractivity (Wildman–Crippen MR) is 91.3 cm³/mol. The average Bonchev–Trinajstić information content (AvgIpc) is 2.61. The molecule has 0 radical (unpaired) electrons. The monoisotopic (exact) mass is 378 g/mol. The number of amides is 1. The Balaban J connectivity index is 2.32. The fourth-order valence-corrected chi connectivity index (χ4v) is 2.51. The molecule has 1 aromatic carbocycles. The average molecular weight is 378 g/mol. The molecule has 0 atom stereocenters. The Morgan fingerprint density at radius 1 is 1.22 bits per heavy atom. The van der Waals surface area contributed by atoms with E-state index in [0.29, 0.717) is 0 Å². The van der Waals surface area contributed by atoms with Crippen LogP contribution in [-0.2, 0) is 4.79 Å². The SMILES string of the molecule is CCC(=O)Nc1c(-c2ccccc2OC(F)(F)F)c(=O)oc2cccnc12. The van der Waals surface area contributed by atoms with Gasteiger partial charge in [0.1, 0.15) is 11.3 Å². The van der Waals surface area contributed by atoms with Crippen LogP contribution in [0.25, 0.3) is 22.2 Å². The lowest BCUT2D eigenvalue weighted by Crippen LogP contribution is -2.19. The second kappa shape index (κ2) is 7.10. The Morgan fingerprint density at radius 3 is 2.67 bits per heavy atom. The number of nitrogens with one attached hydrogen (secondary N) is 1. The highest BCUT2D eigenvalue weighted by Gasteiger charge is 2.33. The van der Waals surface area contributed by atoms with Gasteiger partial charge in [0.2, 0.25) is 5.91 Å². The number of rotatable bonds is 4. The molecule has 1 amide bonds. The molecule has 27 heavy (non-hydrogen) atoms. The van der Waals surface area contributed by atoms with Gasteiger partial charge in [-0.05, 0) is 18.2 Å². The molecule has 2 heterocycles. The molecule has 0 unspecified atom stereocenters. The summed E-state index contributed by atoms with van der Waals surface area (Å²) < 4.78 is 47.5. The number of hydrogen-bond donors (Lipinski definition) is 1. The van der Waals surface area contributed by atoms with E-state index in [0.717, 1.165) is 6.07 Å². The van der Waals surface area contributed by atoms with Crippen molar-refractivity contribution in [1.29, 1.82) is 0 Å². The Morgan fingerprint density at radius 2 is 1.96 bits per heavy atom. The van der Waals surface area contributed by atoms with Gasteiger partial charge in [0.05, 0.1) is 11.3 Å². The van der Waals surface area contributed by atoms with Gasteiger partial charge in [0.15, 0.2) is 5.58 Å². The van der Waals surface area contributed by atoms with Crippen LogP contribution in [0, 0.1) is 0 Å². The van der Waals surface area contributed by atoms with Gasteiger partial charge in [0.25, 0.3) is 0 Å². The van der Waals surface area contributed by atoms with E-state index in [1.54, 1.807) is 6.92 Å². The lowest BCUT2D eigenvalue weighted by Gasteiger charge is -2.16. The third kappa shape index (κ3) is 3.91. The minimum Gasteiger partial charge on any atom is -0.420 e. The molecule has 0 fully saturated rings. The molecular weight excluding hydrogens is 365 g/mol. The molecule has 0 bridgehead atoms. The molecule has 3 aromatic rings. The van der Waals surface area contributed by atoms with Crippen molar-refractivity contribution in [3.8, 4) is 16.9 Å². The fourth-order valence-electron chi connectivity index (χ4n) is 2.51. The summed E-state index contributed by atoms with van der Waals surface area (Å²) >= 11 is 0. The number of alkyl halides is 3. The lowest BCUT2D eigenvalue weighted by atomic mass is 10.0. The largest absolute Gasteiger partial charge is 0.573 e. The number of halogens is 3. The molecule has 3 rings (SSSR count). The zero-order valence-electron chi connectivity index (χ0n) is 14.0. The third-order valence-electron chi connectivity index (χ3n) is 3.63. The van der Waals surface area contributed by atoms with E-state index in [4.69, 9.17) is 4.42 Å². The number of carbonyl (C=O) groups excluding carboxylic acids is 1. The highest BCUT2D eigenvalue weighted by Crippen LogP contribution is 2.38. The first-order valence-corrected chi connectivity index (χ1v) is 7.87. The van der Waals surface area contributed by atoms with Crippen molar-refractivity contribution < 1.29 is 27.1 Å². The van der Waals surface area contributed by atoms with Crippen molar-refractivity contribution in [3.63, 3.8) is 0 Å². The van der Waals surface area contributed by atoms with Gasteiger partial charge in [-0.1, -0.05) is 25.1 Å². The third-order valence-corrected chi connectivity index (χ3v) is 3.63. The predicted octanol–water partition coefficient (Wildman–Crippen LogP) is 4.10. The van der Waals surface area contributed by atoms with Crippen molar-refractivity contribution in [2.24, 2.45) is 0 Å².